The van der Waals surface area contributed by atoms with Gasteiger partial charge in [0.1, 0.15) is 0 Å². The van der Waals surface area contributed by atoms with Gasteiger partial charge in [-0.3, -0.25) is 0 Å². The minimum atomic E-state index is 0. The highest BCUT2D eigenvalue weighted by Gasteiger charge is 2.14. The van der Waals surface area contributed by atoms with Crippen LogP contribution in [0.4, 0.5) is 0 Å². The van der Waals surface area contributed by atoms with Crippen LogP contribution in [0.15, 0.2) is 42.5 Å². The normalized spacial score (nSPS) is 16.1. The van der Waals surface area contributed by atoms with Gasteiger partial charge in [-0.05, 0) is 61.8 Å². The standard InChI is InChI=1S/C24H25N3O2.ClH/c1-4-13-27(14-5-1)15-12-22-21(25-19-6-2-3-7-20(19)26-22)10-8-18-9-11-23-24(16-18)29-17-28-23;/h2-3,6-11,16H,1,4-5,12-15,17H2;1H. The molecule has 0 aliphatic carbocycles. The molecular formula is C24H26ClN3O2. The van der Waals surface area contributed by atoms with Crippen molar-refractivity contribution in [1.29, 1.82) is 0 Å². The Labute approximate surface area is 183 Å². The van der Waals surface area contributed by atoms with Gasteiger partial charge in [-0.2, -0.15) is 0 Å². The zero-order chi connectivity index (χ0) is 19.5. The number of halogens is 1. The molecule has 2 aromatic carbocycles. The molecule has 1 aromatic heterocycles. The van der Waals surface area contributed by atoms with Gasteiger partial charge >= 0.3 is 0 Å². The van der Waals surface area contributed by atoms with Crippen LogP contribution in [0.2, 0.25) is 0 Å². The van der Waals surface area contributed by atoms with Crippen molar-refractivity contribution in [1.82, 2.24) is 14.9 Å². The first-order valence-corrected chi connectivity index (χ1v) is 10.4. The molecule has 30 heavy (non-hydrogen) atoms. The first kappa shape index (κ1) is 20.6. The minimum absolute atomic E-state index is 0. The summed E-state index contributed by atoms with van der Waals surface area (Å²) in [6, 6.07) is 14.1. The lowest BCUT2D eigenvalue weighted by Gasteiger charge is -2.26. The van der Waals surface area contributed by atoms with Gasteiger partial charge in [0.05, 0.1) is 22.4 Å². The number of likely N-dealkylation sites (tertiary alicyclic amines) is 1. The van der Waals surface area contributed by atoms with Crippen LogP contribution in [0.3, 0.4) is 0 Å². The molecule has 5 nitrogen and oxygen atoms in total. The summed E-state index contributed by atoms with van der Waals surface area (Å²) >= 11 is 0. The fourth-order valence-electron chi connectivity index (χ4n) is 4.01. The van der Waals surface area contributed by atoms with Crippen LogP contribution in [0.5, 0.6) is 11.5 Å². The lowest BCUT2D eigenvalue weighted by Crippen LogP contribution is -2.31. The van der Waals surface area contributed by atoms with E-state index in [4.69, 9.17) is 19.4 Å². The zero-order valence-electron chi connectivity index (χ0n) is 16.9. The second-order valence-corrected chi connectivity index (χ2v) is 7.64. The van der Waals surface area contributed by atoms with Gasteiger partial charge < -0.3 is 14.4 Å². The van der Waals surface area contributed by atoms with Crippen LogP contribution in [0, 0.1) is 0 Å². The predicted molar refractivity (Wildman–Crippen MR) is 122 cm³/mol. The number of aromatic nitrogens is 2. The van der Waals surface area contributed by atoms with Crippen LogP contribution in [-0.2, 0) is 6.42 Å². The van der Waals surface area contributed by atoms with E-state index in [0.29, 0.717) is 6.79 Å². The number of nitrogens with zero attached hydrogens (tertiary/aromatic N) is 3. The van der Waals surface area contributed by atoms with E-state index in [9.17, 15) is 0 Å². The highest BCUT2D eigenvalue weighted by molar-refractivity contribution is 5.85. The molecule has 2 aliphatic heterocycles. The number of piperidine rings is 1. The number of para-hydroxylation sites is 2. The van der Waals surface area contributed by atoms with E-state index in [-0.39, 0.29) is 12.4 Å². The molecule has 3 heterocycles. The number of rotatable bonds is 5. The third-order valence-corrected chi connectivity index (χ3v) is 5.62. The fourth-order valence-corrected chi connectivity index (χ4v) is 4.01. The SMILES string of the molecule is C(=Cc1nc2ccccc2nc1CCN1CCCCC1)c1ccc2c(c1)OCO2.Cl. The topological polar surface area (TPSA) is 47.5 Å². The van der Waals surface area contributed by atoms with Gasteiger partial charge in [0.15, 0.2) is 11.5 Å². The Morgan fingerprint density at radius 1 is 0.867 bits per heavy atom. The Morgan fingerprint density at radius 3 is 2.47 bits per heavy atom. The first-order valence-electron chi connectivity index (χ1n) is 10.4. The van der Waals surface area contributed by atoms with Crippen molar-refractivity contribution < 1.29 is 9.47 Å². The summed E-state index contributed by atoms with van der Waals surface area (Å²) in [5, 5.41) is 0. The Morgan fingerprint density at radius 2 is 1.63 bits per heavy atom. The Balaban J connectivity index is 0.00000218. The van der Waals surface area contributed by atoms with E-state index in [2.05, 4.69) is 17.1 Å². The maximum Gasteiger partial charge on any atom is 0.231 e. The Hall–Kier alpha value is -2.63. The van der Waals surface area contributed by atoms with Crippen molar-refractivity contribution >= 4 is 35.6 Å². The molecule has 5 rings (SSSR count). The smallest absolute Gasteiger partial charge is 0.231 e. The van der Waals surface area contributed by atoms with Gasteiger partial charge in [-0.1, -0.05) is 30.7 Å². The quantitative estimate of drug-likeness (QED) is 0.579. The molecule has 3 aromatic rings. The van der Waals surface area contributed by atoms with Crippen LogP contribution in [-0.4, -0.2) is 41.3 Å². The number of hydrogen-bond acceptors (Lipinski definition) is 5. The molecular weight excluding hydrogens is 398 g/mol. The van der Waals surface area contributed by atoms with Crippen molar-refractivity contribution in [3.05, 3.63) is 59.4 Å². The molecule has 0 unspecified atom stereocenters. The van der Waals surface area contributed by atoms with Crippen molar-refractivity contribution in [3.63, 3.8) is 0 Å². The van der Waals surface area contributed by atoms with Crippen LogP contribution >= 0.6 is 12.4 Å². The second-order valence-electron chi connectivity index (χ2n) is 7.64. The molecule has 0 radical (unpaired) electrons. The largest absolute Gasteiger partial charge is 0.454 e. The molecule has 1 saturated heterocycles. The molecule has 1 fully saturated rings. The zero-order valence-corrected chi connectivity index (χ0v) is 17.7. The molecule has 0 amide bonds. The van der Waals surface area contributed by atoms with Crippen LogP contribution < -0.4 is 9.47 Å². The lowest BCUT2D eigenvalue weighted by molar-refractivity contribution is 0.174. The first-order chi connectivity index (χ1) is 14.3. The Bertz CT molecular complexity index is 1050. The summed E-state index contributed by atoms with van der Waals surface area (Å²) in [4.78, 5) is 12.4. The predicted octanol–water partition coefficient (Wildman–Crippen LogP) is 4.98. The Kier molecular flexibility index (Phi) is 6.50. The monoisotopic (exact) mass is 423 g/mol. The van der Waals surface area contributed by atoms with Gasteiger partial charge in [0.2, 0.25) is 6.79 Å². The highest BCUT2D eigenvalue weighted by Crippen LogP contribution is 2.33. The van der Waals surface area contributed by atoms with Crippen LogP contribution in [0.1, 0.15) is 36.2 Å². The van der Waals surface area contributed by atoms with E-state index in [1.807, 2.05) is 42.5 Å². The number of fused-ring (bicyclic) bond motifs is 2. The summed E-state index contributed by atoms with van der Waals surface area (Å²) in [6.07, 6.45) is 9.03. The van der Waals surface area contributed by atoms with Crippen LogP contribution in [0.25, 0.3) is 23.2 Å². The maximum absolute atomic E-state index is 5.49. The maximum atomic E-state index is 5.49. The van der Waals surface area contributed by atoms with Crippen molar-refractivity contribution in [3.8, 4) is 11.5 Å². The summed E-state index contributed by atoms with van der Waals surface area (Å²) in [6.45, 7) is 3.73. The number of benzene rings is 2. The minimum Gasteiger partial charge on any atom is -0.454 e. The number of hydrogen-bond donors (Lipinski definition) is 0. The average molecular weight is 424 g/mol. The molecule has 6 heteroatoms. The molecule has 0 spiro atoms. The summed E-state index contributed by atoms with van der Waals surface area (Å²) in [5.74, 6) is 1.59. The van der Waals surface area contributed by atoms with Gasteiger partial charge in [0, 0.05) is 13.0 Å². The summed E-state index contributed by atoms with van der Waals surface area (Å²) < 4.78 is 10.9. The fraction of sp³-hybridized carbons (Fsp3) is 0.333. The molecule has 0 atom stereocenters. The summed E-state index contributed by atoms with van der Waals surface area (Å²) in [5.41, 5.74) is 4.96. The average Bonchev–Trinajstić information content (AvgIpc) is 3.24. The van der Waals surface area contributed by atoms with Crippen molar-refractivity contribution in [2.45, 2.75) is 25.7 Å². The third-order valence-electron chi connectivity index (χ3n) is 5.62. The third kappa shape index (κ3) is 4.58. The molecule has 2 aliphatic rings. The van der Waals surface area contributed by atoms with Crippen molar-refractivity contribution in [2.75, 3.05) is 26.4 Å². The molecule has 0 N–H and O–H groups in total. The highest BCUT2D eigenvalue weighted by atomic mass is 35.5. The molecule has 0 bridgehead atoms. The van der Waals surface area contributed by atoms with E-state index >= 15 is 0 Å². The van der Waals surface area contributed by atoms with Gasteiger partial charge in [0.25, 0.3) is 0 Å². The van der Waals surface area contributed by atoms with E-state index in [1.54, 1.807) is 0 Å². The number of ether oxygens (including phenoxy) is 2. The van der Waals surface area contributed by atoms with Crippen molar-refractivity contribution in [2.24, 2.45) is 0 Å². The van der Waals surface area contributed by atoms with Gasteiger partial charge in [-0.25, -0.2) is 9.97 Å². The molecule has 156 valence electrons. The lowest BCUT2D eigenvalue weighted by atomic mass is 10.1. The second kappa shape index (κ2) is 9.45. The van der Waals surface area contributed by atoms with Gasteiger partial charge in [-0.15, -0.1) is 12.4 Å². The summed E-state index contributed by atoms with van der Waals surface area (Å²) in [7, 11) is 0. The van der Waals surface area contributed by atoms with E-state index < -0.39 is 0 Å². The van der Waals surface area contributed by atoms with E-state index in [0.717, 1.165) is 52.4 Å². The van der Waals surface area contributed by atoms with E-state index in [1.165, 1.54) is 32.4 Å². The molecule has 0 saturated carbocycles.